The Labute approximate surface area is 131 Å². The molecule has 2 heterocycles. The molecular formula is C15H17N5O3. The molecule has 0 aliphatic carbocycles. The van der Waals surface area contributed by atoms with Gasteiger partial charge in [-0.1, -0.05) is 12.1 Å². The number of aromatic amines is 1. The summed E-state index contributed by atoms with van der Waals surface area (Å²) >= 11 is 0. The van der Waals surface area contributed by atoms with Crippen molar-refractivity contribution in [3.63, 3.8) is 0 Å². The zero-order valence-corrected chi connectivity index (χ0v) is 12.3. The van der Waals surface area contributed by atoms with Crippen LogP contribution in [0.15, 0.2) is 41.2 Å². The minimum Gasteiger partial charge on any atom is -0.477 e. The van der Waals surface area contributed by atoms with Gasteiger partial charge in [-0.25, -0.2) is 10.1 Å². The summed E-state index contributed by atoms with van der Waals surface area (Å²) in [5.74, 6) is 0.679. The SMILES string of the molecule is Nc1nc2ccccc2n1CC(O)CCOc1ccc(=O)[nH]n1. The Hall–Kier alpha value is -2.87. The van der Waals surface area contributed by atoms with Crippen LogP contribution in [0.4, 0.5) is 5.95 Å². The normalized spacial score (nSPS) is 12.4. The zero-order valence-electron chi connectivity index (χ0n) is 12.3. The number of ether oxygens (including phenoxy) is 1. The Morgan fingerprint density at radius 2 is 2.13 bits per heavy atom. The van der Waals surface area contributed by atoms with E-state index in [9.17, 15) is 9.90 Å². The number of nitrogens with zero attached hydrogens (tertiary/aromatic N) is 3. The number of H-pyrrole nitrogens is 1. The number of hydrogen-bond donors (Lipinski definition) is 3. The molecule has 3 aromatic rings. The second kappa shape index (κ2) is 6.49. The van der Waals surface area contributed by atoms with Crippen molar-refractivity contribution in [2.75, 3.05) is 12.3 Å². The van der Waals surface area contributed by atoms with Gasteiger partial charge in [0.2, 0.25) is 11.8 Å². The van der Waals surface area contributed by atoms with Crippen molar-refractivity contribution in [2.45, 2.75) is 19.1 Å². The minimum absolute atomic E-state index is 0.271. The van der Waals surface area contributed by atoms with Crippen LogP contribution in [0, 0.1) is 0 Å². The Morgan fingerprint density at radius 3 is 2.91 bits per heavy atom. The molecule has 2 aromatic heterocycles. The summed E-state index contributed by atoms with van der Waals surface area (Å²) in [6, 6.07) is 10.4. The number of aliphatic hydroxyl groups excluding tert-OH is 1. The number of benzene rings is 1. The number of para-hydroxylation sites is 2. The maximum atomic E-state index is 10.9. The van der Waals surface area contributed by atoms with Crippen LogP contribution >= 0.6 is 0 Å². The fraction of sp³-hybridized carbons (Fsp3) is 0.267. The van der Waals surface area contributed by atoms with Crippen LogP contribution in [-0.2, 0) is 6.54 Å². The van der Waals surface area contributed by atoms with Crippen LogP contribution in [0.3, 0.4) is 0 Å². The third-order valence-electron chi connectivity index (χ3n) is 3.43. The van der Waals surface area contributed by atoms with E-state index in [0.29, 0.717) is 24.8 Å². The van der Waals surface area contributed by atoms with E-state index < -0.39 is 6.10 Å². The molecule has 0 aliphatic heterocycles. The van der Waals surface area contributed by atoms with E-state index in [1.54, 1.807) is 4.57 Å². The lowest BCUT2D eigenvalue weighted by Crippen LogP contribution is -2.20. The fourth-order valence-electron chi connectivity index (χ4n) is 2.30. The summed E-state index contributed by atoms with van der Waals surface area (Å²) in [7, 11) is 0. The lowest BCUT2D eigenvalue weighted by atomic mass is 10.2. The van der Waals surface area contributed by atoms with Crippen LogP contribution in [0.1, 0.15) is 6.42 Å². The Bertz CT molecular complexity index is 837. The second-order valence-electron chi connectivity index (χ2n) is 5.12. The van der Waals surface area contributed by atoms with E-state index in [2.05, 4.69) is 15.2 Å². The average Bonchev–Trinajstić information content (AvgIpc) is 2.85. The van der Waals surface area contributed by atoms with E-state index >= 15 is 0 Å². The van der Waals surface area contributed by atoms with Crippen molar-refractivity contribution in [1.82, 2.24) is 19.7 Å². The van der Waals surface area contributed by atoms with Gasteiger partial charge < -0.3 is 20.1 Å². The monoisotopic (exact) mass is 315 g/mol. The van der Waals surface area contributed by atoms with Gasteiger partial charge in [-0.05, 0) is 12.1 Å². The van der Waals surface area contributed by atoms with Crippen molar-refractivity contribution in [3.8, 4) is 5.88 Å². The van der Waals surface area contributed by atoms with E-state index in [4.69, 9.17) is 10.5 Å². The van der Waals surface area contributed by atoms with Crippen molar-refractivity contribution in [1.29, 1.82) is 0 Å². The molecule has 1 aromatic carbocycles. The lowest BCUT2D eigenvalue weighted by molar-refractivity contribution is 0.122. The summed E-state index contributed by atoms with van der Waals surface area (Å²) in [5, 5.41) is 16.2. The second-order valence-corrected chi connectivity index (χ2v) is 5.12. The van der Waals surface area contributed by atoms with Gasteiger partial charge in [0.25, 0.3) is 5.56 Å². The first-order valence-corrected chi connectivity index (χ1v) is 7.21. The number of aliphatic hydroxyl groups is 1. The Kier molecular flexibility index (Phi) is 4.24. The van der Waals surface area contributed by atoms with Gasteiger partial charge in [0.15, 0.2) is 0 Å². The van der Waals surface area contributed by atoms with Crippen molar-refractivity contribution < 1.29 is 9.84 Å². The van der Waals surface area contributed by atoms with Gasteiger partial charge in [-0.15, -0.1) is 5.10 Å². The first-order valence-electron chi connectivity index (χ1n) is 7.21. The molecule has 0 saturated heterocycles. The highest BCUT2D eigenvalue weighted by molar-refractivity contribution is 5.78. The third kappa shape index (κ3) is 3.49. The first-order chi connectivity index (χ1) is 11.1. The van der Waals surface area contributed by atoms with Crippen LogP contribution < -0.4 is 16.0 Å². The summed E-state index contributed by atoms with van der Waals surface area (Å²) in [4.78, 5) is 15.1. The quantitative estimate of drug-likeness (QED) is 0.610. The lowest BCUT2D eigenvalue weighted by Gasteiger charge is -2.13. The Balaban J connectivity index is 1.58. The van der Waals surface area contributed by atoms with E-state index in [1.165, 1.54) is 12.1 Å². The van der Waals surface area contributed by atoms with E-state index in [-0.39, 0.29) is 12.2 Å². The smallest absolute Gasteiger partial charge is 0.264 e. The van der Waals surface area contributed by atoms with Crippen molar-refractivity contribution in [2.24, 2.45) is 0 Å². The number of aromatic nitrogens is 4. The van der Waals surface area contributed by atoms with E-state index in [1.807, 2.05) is 24.3 Å². The molecule has 0 radical (unpaired) electrons. The number of fused-ring (bicyclic) bond motifs is 1. The predicted octanol–water partition coefficient (Wildman–Crippen LogP) is 0.532. The molecule has 0 aliphatic rings. The van der Waals surface area contributed by atoms with Gasteiger partial charge in [0, 0.05) is 18.6 Å². The van der Waals surface area contributed by atoms with Crippen LogP contribution in [0.2, 0.25) is 0 Å². The molecular weight excluding hydrogens is 298 g/mol. The number of nitrogen functional groups attached to an aromatic ring is 1. The van der Waals surface area contributed by atoms with Crippen molar-refractivity contribution >= 4 is 17.0 Å². The molecule has 8 nitrogen and oxygen atoms in total. The standard InChI is InChI=1S/C15H17N5O3/c16-15-17-11-3-1-2-4-12(11)20(15)9-10(21)7-8-23-14-6-5-13(22)18-19-14/h1-6,10,21H,7-9H2,(H2,16,17)(H,18,22). The Morgan fingerprint density at radius 1 is 1.30 bits per heavy atom. The topological polar surface area (TPSA) is 119 Å². The highest BCUT2D eigenvalue weighted by Gasteiger charge is 2.12. The highest BCUT2D eigenvalue weighted by Crippen LogP contribution is 2.18. The summed E-state index contributed by atoms with van der Waals surface area (Å²) in [5.41, 5.74) is 7.29. The summed E-state index contributed by atoms with van der Waals surface area (Å²) in [6.45, 7) is 0.599. The molecule has 120 valence electrons. The third-order valence-corrected chi connectivity index (χ3v) is 3.43. The van der Waals surface area contributed by atoms with Crippen molar-refractivity contribution in [3.05, 3.63) is 46.8 Å². The molecule has 1 unspecified atom stereocenters. The van der Waals surface area contributed by atoms with Gasteiger partial charge in [0.05, 0.1) is 30.3 Å². The maximum absolute atomic E-state index is 10.9. The number of nitrogens with one attached hydrogen (secondary N) is 1. The number of nitrogens with two attached hydrogens (primary N) is 1. The van der Waals surface area contributed by atoms with Gasteiger partial charge >= 0.3 is 0 Å². The maximum Gasteiger partial charge on any atom is 0.264 e. The number of imidazole rings is 1. The molecule has 1 atom stereocenters. The number of hydrogen-bond acceptors (Lipinski definition) is 6. The molecule has 0 spiro atoms. The van der Waals surface area contributed by atoms with E-state index in [0.717, 1.165) is 11.0 Å². The zero-order chi connectivity index (χ0) is 16.2. The molecule has 23 heavy (non-hydrogen) atoms. The molecule has 4 N–H and O–H groups in total. The largest absolute Gasteiger partial charge is 0.477 e. The number of rotatable bonds is 6. The molecule has 8 heteroatoms. The van der Waals surface area contributed by atoms with Gasteiger partial charge in [-0.3, -0.25) is 4.79 Å². The fourth-order valence-corrected chi connectivity index (χ4v) is 2.30. The molecule has 0 amide bonds. The summed E-state index contributed by atoms with van der Waals surface area (Å²) in [6.07, 6.45) is -0.245. The number of anilines is 1. The minimum atomic E-state index is -0.641. The summed E-state index contributed by atoms with van der Waals surface area (Å²) < 4.78 is 7.15. The molecule has 0 bridgehead atoms. The van der Waals surface area contributed by atoms with Gasteiger partial charge in [0.1, 0.15) is 0 Å². The molecule has 0 fully saturated rings. The first kappa shape index (κ1) is 15.0. The predicted molar refractivity (Wildman–Crippen MR) is 85.1 cm³/mol. The highest BCUT2D eigenvalue weighted by atomic mass is 16.5. The molecule has 0 saturated carbocycles. The van der Waals surface area contributed by atoms with Crippen LogP contribution in [-0.4, -0.2) is 37.6 Å². The molecule has 3 rings (SSSR count). The van der Waals surface area contributed by atoms with Gasteiger partial charge in [-0.2, -0.15) is 0 Å². The van der Waals surface area contributed by atoms with Crippen LogP contribution in [0.25, 0.3) is 11.0 Å². The van der Waals surface area contributed by atoms with Crippen LogP contribution in [0.5, 0.6) is 5.88 Å². The average molecular weight is 315 g/mol.